The van der Waals surface area contributed by atoms with Gasteiger partial charge in [-0.3, -0.25) is 0 Å². The van der Waals surface area contributed by atoms with Crippen molar-refractivity contribution in [3.63, 3.8) is 0 Å². The second kappa shape index (κ2) is 5.27. The third-order valence-corrected chi connectivity index (χ3v) is 3.49. The summed E-state index contributed by atoms with van der Waals surface area (Å²) >= 11 is 1.38. The molecule has 0 saturated heterocycles. The van der Waals surface area contributed by atoms with Gasteiger partial charge in [-0.05, 0) is 18.6 Å². The van der Waals surface area contributed by atoms with E-state index in [2.05, 4.69) is 9.72 Å². The molecule has 0 aliphatic rings. The van der Waals surface area contributed by atoms with Gasteiger partial charge in [-0.25, -0.2) is 14.2 Å². The maximum absolute atomic E-state index is 13.5. The second-order valence-electron chi connectivity index (χ2n) is 3.77. The van der Waals surface area contributed by atoms with Crippen LogP contribution in [0.15, 0.2) is 24.3 Å². The Bertz CT molecular complexity index is 580. The molecule has 3 nitrogen and oxygen atoms in total. The van der Waals surface area contributed by atoms with Crippen LogP contribution >= 0.6 is 11.3 Å². The zero-order chi connectivity index (χ0) is 13.1. The number of carbonyl (C=O) groups excluding carboxylic acids is 1. The van der Waals surface area contributed by atoms with Crippen LogP contribution in [0.1, 0.15) is 25.9 Å². The molecule has 0 bridgehead atoms. The first kappa shape index (κ1) is 12.7. The molecule has 0 fully saturated rings. The van der Waals surface area contributed by atoms with Gasteiger partial charge in [0.15, 0.2) is 5.69 Å². The third kappa shape index (κ3) is 2.56. The quantitative estimate of drug-likeness (QED) is 0.801. The van der Waals surface area contributed by atoms with E-state index in [4.69, 9.17) is 0 Å². The topological polar surface area (TPSA) is 39.2 Å². The molecule has 0 N–H and O–H groups in total. The standard InChI is InChI=1S/C13H12FNO2S/c1-8-12(13(16)17-2)15-11(18-8)7-9-5-3-4-6-10(9)14/h3-6H,7H2,1-2H3. The van der Waals surface area contributed by atoms with E-state index in [9.17, 15) is 9.18 Å². The van der Waals surface area contributed by atoms with E-state index in [1.165, 1.54) is 24.5 Å². The molecule has 2 aromatic rings. The van der Waals surface area contributed by atoms with E-state index < -0.39 is 5.97 Å². The molecule has 2 rings (SSSR count). The van der Waals surface area contributed by atoms with Crippen LogP contribution in [0.25, 0.3) is 0 Å². The van der Waals surface area contributed by atoms with Crippen molar-refractivity contribution in [1.82, 2.24) is 4.98 Å². The zero-order valence-corrected chi connectivity index (χ0v) is 10.9. The number of methoxy groups -OCH3 is 1. The van der Waals surface area contributed by atoms with Gasteiger partial charge in [-0.2, -0.15) is 0 Å². The molecule has 0 unspecified atom stereocenters. The molecule has 0 amide bonds. The van der Waals surface area contributed by atoms with Gasteiger partial charge in [-0.15, -0.1) is 11.3 Å². The van der Waals surface area contributed by atoms with Crippen molar-refractivity contribution in [1.29, 1.82) is 0 Å². The van der Waals surface area contributed by atoms with Crippen LogP contribution in [0.2, 0.25) is 0 Å². The Morgan fingerprint density at radius 3 is 2.83 bits per heavy atom. The largest absolute Gasteiger partial charge is 0.464 e. The Kier molecular flexibility index (Phi) is 3.72. The number of esters is 1. The van der Waals surface area contributed by atoms with Crippen LogP contribution in [0.4, 0.5) is 4.39 Å². The molecule has 1 aromatic heterocycles. The zero-order valence-electron chi connectivity index (χ0n) is 10.1. The SMILES string of the molecule is COC(=O)c1nc(Cc2ccccc2F)sc1C. The van der Waals surface area contributed by atoms with Gasteiger partial charge in [0.2, 0.25) is 0 Å². The maximum atomic E-state index is 13.5. The van der Waals surface area contributed by atoms with Gasteiger partial charge in [-0.1, -0.05) is 18.2 Å². The van der Waals surface area contributed by atoms with Crippen molar-refractivity contribution in [3.8, 4) is 0 Å². The minimum atomic E-state index is -0.455. The number of aromatic nitrogens is 1. The van der Waals surface area contributed by atoms with Gasteiger partial charge < -0.3 is 4.74 Å². The highest BCUT2D eigenvalue weighted by Gasteiger charge is 2.16. The van der Waals surface area contributed by atoms with Crippen LogP contribution in [0.5, 0.6) is 0 Å². The lowest BCUT2D eigenvalue weighted by Gasteiger charge is -1.99. The molecule has 0 aliphatic heterocycles. The van der Waals surface area contributed by atoms with E-state index in [-0.39, 0.29) is 5.82 Å². The smallest absolute Gasteiger partial charge is 0.357 e. The fourth-order valence-electron chi connectivity index (χ4n) is 1.62. The number of hydrogen-bond donors (Lipinski definition) is 0. The highest BCUT2D eigenvalue weighted by atomic mass is 32.1. The summed E-state index contributed by atoms with van der Waals surface area (Å²) in [5.74, 6) is -0.714. The van der Waals surface area contributed by atoms with Crippen LogP contribution in [-0.2, 0) is 11.2 Å². The summed E-state index contributed by atoms with van der Waals surface area (Å²) in [4.78, 5) is 16.4. The summed E-state index contributed by atoms with van der Waals surface area (Å²) in [6.45, 7) is 1.80. The minimum Gasteiger partial charge on any atom is -0.464 e. The van der Waals surface area contributed by atoms with Crippen molar-refractivity contribution >= 4 is 17.3 Å². The Morgan fingerprint density at radius 2 is 2.17 bits per heavy atom. The monoisotopic (exact) mass is 265 g/mol. The number of aryl methyl sites for hydroxylation is 1. The molecule has 0 radical (unpaired) electrons. The van der Waals surface area contributed by atoms with Crippen molar-refractivity contribution in [3.05, 3.63) is 51.2 Å². The number of nitrogens with zero attached hydrogens (tertiary/aromatic N) is 1. The average molecular weight is 265 g/mol. The first-order chi connectivity index (χ1) is 8.61. The minimum absolute atomic E-state index is 0.259. The molecular weight excluding hydrogens is 253 g/mol. The molecule has 94 valence electrons. The Hall–Kier alpha value is -1.75. The van der Waals surface area contributed by atoms with Crippen molar-refractivity contribution in [2.45, 2.75) is 13.3 Å². The van der Waals surface area contributed by atoms with Gasteiger partial charge in [0.05, 0.1) is 12.1 Å². The fraction of sp³-hybridized carbons (Fsp3) is 0.231. The van der Waals surface area contributed by atoms with Crippen LogP contribution in [0.3, 0.4) is 0 Å². The van der Waals surface area contributed by atoms with E-state index in [0.29, 0.717) is 22.7 Å². The molecule has 5 heteroatoms. The summed E-state index contributed by atoms with van der Waals surface area (Å²) in [5, 5.41) is 0.706. The maximum Gasteiger partial charge on any atom is 0.357 e. The van der Waals surface area contributed by atoms with E-state index in [0.717, 1.165) is 4.88 Å². The van der Waals surface area contributed by atoms with Crippen LogP contribution in [-0.4, -0.2) is 18.1 Å². The third-order valence-electron chi connectivity index (χ3n) is 2.52. The van der Waals surface area contributed by atoms with Crippen LogP contribution in [0, 0.1) is 12.7 Å². The van der Waals surface area contributed by atoms with Gasteiger partial charge in [0, 0.05) is 11.3 Å². The number of halogens is 1. The average Bonchev–Trinajstić information content (AvgIpc) is 2.72. The summed E-state index contributed by atoms with van der Waals surface area (Å²) in [6, 6.07) is 6.55. The normalized spacial score (nSPS) is 10.4. The first-order valence-corrected chi connectivity index (χ1v) is 6.21. The highest BCUT2D eigenvalue weighted by molar-refractivity contribution is 7.11. The summed E-state index contributed by atoms with van der Waals surface area (Å²) < 4.78 is 18.1. The van der Waals surface area contributed by atoms with E-state index >= 15 is 0 Å². The molecule has 1 heterocycles. The molecule has 0 aliphatic carbocycles. The fourth-order valence-corrected chi connectivity index (χ4v) is 2.56. The Labute approximate surface area is 108 Å². The number of carbonyl (C=O) groups is 1. The second-order valence-corrected chi connectivity index (χ2v) is 5.06. The number of rotatable bonds is 3. The lowest BCUT2D eigenvalue weighted by atomic mass is 10.1. The molecule has 0 spiro atoms. The Morgan fingerprint density at radius 1 is 1.44 bits per heavy atom. The predicted octanol–water partition coefficient (Wildman–Crippen LogP) is 2.97. The lowest BCUT2D eigenvalue weighted by Crippen LogP contribution is -2.03. The van der Waals surface area contributed by atoms with Gasteiger partial charge in [0.25, 0.3) is 0 Å². The summed E-state index contributed by atoms with van der Waals surface area (Å²) in [6.07, 6.45) is 0.384. The van der Waals surface area contributed by atoms with Crippen LogP contribution < -0.4 is 0 Å². The number of thiazole rings is 1. The Balaban J connectivity index is 2.26. The summed E-state index contributed by atoms with van der Waals surface area (Å²) in [5.41, 5.74) is 0.886. The first-order valence-electron chi connectivity index (χ1n) is 5.40. The lowest BCUT2D eigenvalue weighted by molar-refractivity contribution is 0.0594. The molecule has 1 aromatic carbocycles. The van der Waals surface area contributed by atoms with Crippen molar-refractivity contribution in [2.24, 2.45) is 0 Å². The predicted molar refractivity (Wildman–Crippen MR) is 67.4 cm³/mol. The number of benzene rings is 1. The molecule has 18 heavy (non-hydrogen) atoms. The van der Waals surface area contributed by atoms with Gasteiger partial charge in [0.1, 0.15) is 5.82 Å². The molecule has 0 saturated carbocycles. The molecule has 0 atom stereocenters. The van der Waals surface area contributed by atoms with Crippen molar-refractivity contribution in [2.75, 3.05) is 7.11 Å². The van der Waals surface area contributed by atoms with Crippen molar-refractivity contribution < 1.29 is 13.9 Å². The highest BCUT2D eigenvalue weighted by Crippen LogP contribution is 2.21. The van der Waals surface area contributed by atoms with Gasteiger partial charge >= 0.3 is 5.97 Å². The summed E-state index contributed by atoms with van der Waals surface area (Å²) in [7, 11) is 1.32. The van der Waals surface area contributed by atoms with E-state index in [1.807, 2.05) is 0 Å². The molecular formula is C13H12FNO2S. The number of ether oxygens (including phenoxy) is 1. The number of hydrogen-bond acceptors (Lipinski definition) is 4. The van der Waals surface area contributed by atoms with E-state index in [1.54, 1.807) is 25.1 Å².